The molecule has 15 heavy (non-hydrogen) atoms. The van der Waals surface area contributed by atoms with Crippen LogP contribution in [0.1, 0.15) is 37.3 Å². The fourth-order valence-electron chi connectivity index (χ4n) is 2.42. The fraction of sp³-hybridized carbons (Fsp3) is 0.429. The molecule has 0 aliphatic heterocycles. The molecule has 0 bridgehead atoms. The van der Waals surface area contributed by atoms with Gasteiger partial charge in [-0.25, -0.2) is 0 Å². The summed E-state index contributed by atoms with van der Waals surface area (Å²) in [6.07, 6.45) is 4.11. The zero-order valence-corrected chi connectivity index (χ0v) is 9.29. The summed E-state index contributed by atoms with van der Waals surface area (Å²) in [4.78, 5) is 0. The first-order chi connectivity index (χ1) is 7.14. The molecular formula is C14H18O. The molecule has 0 aromatic heterocycles. The van der Waals surface area contributed by atoms with Crippen molar-refractivity contribution in [1.29, 1.82) is 0 Å². The molecule has 1 aliphatic rings. The topological polar surface area (TPSA) is 20.2 Å². The molecule has 0 heterocycles. The number of hydrogen-bond donors (Lipinski definition) is 1. The number of aliphatic hydroxyl groups is 1. The van der Waals surface area contributed by atoms with Crippen LogP contribution in [0, 0.1) is 0 Å². The molecular weight excluding hydrogens is 184 g/mol. The minimum absolute atomic E-state index is 0.799. The third kappa shape index (κ3) is 1.72. The van der Waals surface area contributed by atoms with Gasteiger partial charge < -0.3 is 5.11 Å². The average molecular weight is 202 g/mol. The van der Waals surface area contributed by atoms with Crippen molar-refractivity contribution in [2.75, 3.05) is 0 Å². The Kier molecular flexibility index (Phi) is 2.66. The van der Waals surface area contributed by atoms with Crippen molar-refractivity contribution in [3.8, 4) is 0 Å². The Hall–Kier alpha value is -1.08. The zero-order chi connectivity index (χ0) is 10.9. The van der Waals surface area contributed by atoms with Crippen LogP contribution in [0.3, 0.4) is 0 Å². The summed E-state index contributed by atoms with van der Waals surface area (Å²) in [5.41, 5.74) is 2.40. The van der Waals surface area contributed by atoms with Crippen LogP contribution in [-0.2, 0) is 12.0 Å². The predicted molar refractivity (Wildman–Crippen MR) is 62.7 cm³/mol. The quantitative estimate of drug-likeness (QED) is 0.548. The van der Waals surface area contributed by atoms with Crippen molar-refractivity contribution in [3.05, 3.63) is 47.5 Å². The summed E-state index contributed by atoms with van der Waals surface area (Å²) in [7, 11) is 0. The summed E-state index contributed by atoms with van der Waals surface area (Å²) in [6.45, 7) is 5.86. The van der Waals surface area contributed by atoms with Crippen LogP contribution in [0.15, 0.2) is 36.4 Å². The maximum Gasteiger partial charge on any atom is 0.110 e. The smallest absolute Gasteiger partial charge is 0.110 e. The second-order valence-electron chi connectivity index (χ2n) is 4.50. The van der Waals surface area contributed by atoms with Gasteiger partial charge in [0.1, 0.15) is 5.60 Å². The standard InChI is InChI=1S/C14H18O/c1-11(2)14(15)10-6-5-8-12-7-3-4-9-13(12)14/h3-4,7,9,15H,1,5-6,8,10H2,2H3. The van der Waals surface area contributed by atoms with Crippen molar-refractivity contribution < 1.29 is 5.11 Å². The van der Waals surface area contributed by atoms with Crippen LogP contribution in [-0.4, -0.2) is 5.11 Å². The van der Waals surface area contributed by atoms with Crippen LogP contribution in [0.2, 0.25) is 0 Å². The maximum absolute atomic E-state index is 10.7. The summed E-state index contributed by atoms with van der Waals surface area (Å²) in [6, 6.07) is 8.20. The molecule has 0 saturated carbocycles. The van der Waals surface area contributed by atoms with Crippen LogP contribution in [0.5, 0.6) is 0 Å². The van der Waals surface area contributed by atoms with Gasteiger partial charge in [0.2, 0.25) is 0 Å². The van der Waals surface area contributed by atoms with E-state index in [1.807, 2.05) is 25.1 Å². The van der Waals surface area contributed by atoms with Crippen molar-refractivity contribution >= 4 is 0 Å². The van der Waals surface area contributed by atoms with Gasteiger partial charge >= 0.3 is 0 Å². The molecule has 1 unspecified atom stereocenters. The number of aryl methyl sites for hydroxylation is 1. The first-order valence-corrected chi connectivity index (χ1v) is 5.61. The molecule has 0 radical (unpaired) electrons. The molecule has 2 rings (SSSR count). The van der Waals surface area contributed by atoms with Gasteiger partial charge in [0.25, 0.3) is 0 Å². The third-order valence-corrected chi connectivity index (χ3v) is 3.40. The summed E-state index contributed by atoms with van der Waals surface area (Å²) < 4.78 is 0. The molecule has 0 amide bonds. The molecule has 1 aromatic rings. The Balaban J connectivity index is 2.55. The first-order valence-electron chi connectivity index (χ1n) is 5.61. The van der Waals surface area contributed by atoms with Gasteiger partial charge in [-0.3, -0.25) is 0 Å². The summed E-state index contributed by atoms with van der Waals surface area (Å²) >= 11 is 0. The number of hydrogen-bond acceptors (Lipinski definition) is 1. The molecule has 1 N–H and O–H groups in total. The van der Waals surface area contributed by atoms with Gasteiger partial charge in [-0.2, -0.15) is 0 Å². The number of fused-ring (bicyclic) bond motifs is 1. The van der Waals surface area contributed by atoms with E-state index in [4.69, 9.17) is 0 Å². The highest BCUT2D eigenvalue weighted by molar-refractivity contribution is 5.38. The lowest BCUT2D eigenvalue weighted by molar-refractivity contribution is 0.0665. The number of benzene rings is 1. The monoisotopic (exact) mass is 202 g/mol. The minimum Gasteiger partial charge on any atom is -0.381 e. The Bertz CT molecular complexity index is 381. The van der Waals surface area contributed by atoms with Crippen molar-refractivity contribution in [3.63, 3.8) is 0 Å². The van der Waals surface area contributed by atoms with E-state index in [-0.39, 0.29) is 0 Å². The van der Waals surface area contributed by atoms with Gasteiger partial charge in [-0.1, -0.05) is 30.8 Å². The highest BCUT2D eigenvalue weighted by Gasteiger charge is 2.33. The molecule has 80 valence electrons. The van der Waals surface area contributed by atoms with Crippen molar-refractivity contribution in [2.45, 2.75) is 38.2 Å². The van der Waals surface area contributed by atoms with E-state index < -0.39 is 5.60 Å². The third-order valence-electron chi connectivity index (χ3n) is 3.40. The highest BCUT2D eigenvalue weighted by atomic mass is 16.3. The average Bonchev–Trinajstić information content (AvgIpc) is 2.40. The predicted octanol–water partition coefficient (Wildman–Crippen LogP) is 3.18. The lowest BCUT2D eigenvalue weighted by Crippen LogP contribution is -2.26. The van der Waals surface area contributed by atoms with Gasteiger partial charge in [-0.15, -0.1) is 0 Å². The fourth-order valence-corrected chi connectivity index (χ4v) is 2.42. The minimum atomic E-state index is -0.799. The van der Waals surface area contributed by atoms with Crippen LogP contribution in [0.25, 0.3) is 0 Å². The van der Waals surface area contributed by atoms with Crippen LogP contribution < -0.4 is 0 Å². The molecule has 1 aliphatic carbocycles. The Labute approximate surface area is 91.4 Å². The molecule has 0 spiro atoms. The Morgan fingerprint density at radius 3 is 2.80 bits per heavy atom. The molecule has 1 nitrogen and oxygen atoms in total. The molecule has 1 atom stereocenters. The van der Waals surface area contributed by atoms with E-state index in [2.05, 4.69) is 12.6 Å². The van der Waals surface area contributed by atoms with E-state index in [0.717, 1.165) is 36.8 Å². The van der Waals surface area contributed by atoms with Gasteiger partial charge in [0.05, 0.1) is 0 Å². The Morgan fingerprint density at radius 1 is 1.33 bits per heavy atom. The highest BCUT2D eigenvalue weighted by Crippen LogP contribution is 2.38. The molecule has 1 heteroatoms. The SMILES string of the molecule is C=C(C)C1(O)CCCCc2ccccc21. The van der Waals surface area contributed by atoms with E-state index in [1.54, 1.807) is 0 Å². The second kappa shape index (κ2) is 3.82. The normalized spacial score (nSPS) is 25.5. The van der Waals surface area contributed by atoms with Gasteiger partial charge in [0, 0.05) is 0 Å². The van der Waals surface area contributed by atoms with E-state index in [9.17, 15) is 5.11 Å². The summed E-state index contributed by atoms with van der Waals surface area (Å²) in [5.74, 6) is 0. The maximum atomic E-state index is 10.7. The first kappa shape index (κ1) is 10.4. The second-order valence-corrected chi connectivity index (χ2v) is 4.50. The lowest BCUT2D eigenvalue weighted by atomic mass is 9.83. The van der Waals surface area contributed by atoms with Crippen molar-refractivity contribution in [1.82, 2.24) is 0 Å². The van der Waals surface area contributed by atoms with Crippen LogP contribution >= 0.6 is 0 Å². The largest absolute Gasteiger partial charge is 0.381 e. The van der Waals surface area contributed by atoms with E-state index in [0.29, 0.717) is 0 Å². The van der Waals surface area contributed by atoms with Gasteiger partial charge in [0.15, 0.2) is 0 Å². The molecule has 0 saturated heterocycles. The van der Waals surface area contributed by atoms with E-state index in [1.165, 1.54) is 5.56 Å². The zero-order valence-electron chi connectivity index (χ0n) is 9.29. The molecule has 0 fully saturated rings. The Morgan fingerprint density at radius 2 is 2.07 bits per heavy atom. The lowest BCUT2D eigenvalue weighted by Gasteiger charge is -2.29. The van der Waals surface area contributed by atoms with Gasteiger partial charge in [-0.05, 0) is 49.3 Å². The summed E-state index contributed by atoms with van der Waals surface area (Å²) in [5, 5.41) is 10.7. The number of rotatable bonds is 1. The van der Waals surface area contributed by atoms with E-state index >= 15 is 0 Å². The molecule has 1 aromatic carbocycles. The van der Waals surface area contributed by atoms with Crippen molar-refractivity contribution in [2.24, 2.45) is 0 Å². The van der Waals surface area contributed by atoms with Crippen LogP contribution in [0.4, 0.5) is 0 Å².